The van der Waals surface area contributed by atoms with Crippen LogP contribution in [0.25, 0.3) is 0 Å². The maximum Gasteiger partial charge on any atom is 0.158 e. The third-order valence-electron chi connectivity index (χ3n) is 3.29. The van der Waals surface area contributed by atoms with Crippen molar-refractivity contribution in [3.63, 3.8) is 0 Å². The highest BCUT2D eigenvalue weighted by molar-refractivity contribution is 5.14. The van der Waals surface area contributed by atoms with Crippen LogP contribution < -0.4 is 10.1 Å². The second kappa shape index (κ2) is 4.87. The monoisotopic (exact) mass is 223 g/mol. The molecule has 0 saturated heterocycles. The molecule has 0 amide bonds. The van der Waals surface area contributed by atoms with Crippen molar-refractivity contribution in [1.82, 2.24) is 15.1 Å². The van der Waals surface area contributed by atoms with E-state index in [0.29, 0.717) is 0 Å². The second-order valence-electron chi connectivity index (χ2n) is 4.59. The van der Waals surface area contributed by atoms with Crippen LogP contribution in [0.5, 0.6) is 5.75 Å². The number of hydrogen-bond donors (Lipinski definition) is 1. The Bertz CT molecular complexity index is 331. The SMILES string of the molecule is CCNCCC1(Oc2cnn(C)c2)CCC1. The molecule has 4 heteroatoms. The summed E-state index contributed by atoms with van der Waals surface area (Å²) in [5.74, 6) is 0.902. The molecule has 0 aliphatic heterocycles. The highest BCUT2D eigenvalue weighted by Gasteiger charge is 2.38. The van der Waals surface area contributed by atoms with Crippen LogP contribution in [0.2, 0.25) is 0 Å². The quantitative estimate of drug-likeness (QED) is 0.746. The lowest BCUT2D eigenvalue weighted by Gasteiger charge is -2.41. The summed E-state index contributed by atoms with van der Waals surface area (Å²) in [6.45, 7) is 4.20. The van der Waals surface area contributed by atoms with Gasteiger partial charge in [-0.15, -0.1) is 0 Å². The largest absolute Gasteiger partial charge is 0.484 e. The number of nitrogens with one attached hydrogen (secondary N) is 1. The Hall–Kier alpha value is -1.03. The summed E-state index contributed by atoms with van der Waals surface area (Å²) < 4.78 is 7.87. The number of ether oxygens (including phenoxy) is 1. The molecule has 1 aliphatic carbocycles. The van der Waals surface area contributed by atoms with Gasteiger partial charge in [0.25, 0.3) is 0 Å². The van der Waals surface area contributed by atoms with Gasteiger partial charge in [0.05, 0.1) is 12.4 Å². The Morgan fingerprint density at radius 2 is 2.38 bits per heavy atom. The fourth-order valence-corrected chi connectivity index (χ4v) is 2.17. The normalized spacial score (nSPS) is 18.1. The molecule has 1 saturated carbocycles. The van der Waals surface area contributed by atoms with E-state index in [1.54, 1.807) is 10.9 Å². The molecule has 2 rings (SSSR count). The van der Waals surface area contributed by atoms with Gasteiger partial charge >= 0.3 is 0 Å². The van der Waals surface area contributed by atoms with Crippen molar-refractivity contribution in [2.75, 3.05) is 13.1 Å². The summed E-state index contributed by atoms with van der Waals surface area (Å²) in [7, 11) is 1.92. The van der Waals surface area contributed by atoms with Crippen LogP contribution in [0.4, 0.5) is 0 Å². The van der Waals surface area contributed by atoms with E-state index < -0.39 is 0 Å². The first-order valence-corrected chi connectivity index (χ1v) is 6.12. The molecule has 1 aromatic rings. The van der Waals surface area contributed by atoms with Crippen LogP contribution in [0.15, 0.2) is 12.4 Å². The van der Waals surface area contributed by atoms with Gasteiger partial charge < -0.3 is 10.1 Å². The predicted molar refractivity (Wildman–Crippen MR) is 63.6 cm³/mol. The maximum absolute atomic E-state index is 6.08. The van der Waals surface area contributed by atoms with Crippen LogP contribution in [-0.2, 0) is 7.05 Å². The smallest absolute Gasteiger partial charge is 0.158 e. The minimum atomic E-state index is 0.0746. The molecule has 1 heterocycles. The number of rotatable bonds is 6. The first-order valence-electron chi connectivity index (χ1n) is 6.12. The van der Waals surface area contributed by atoms with Crippen molar-refractivity contribution in [3.05, 3.63) is 12.4 Å². The van der Waals surface area contributed by atoms with E-state index in [1.807, 2.05) is 13.2 Å². The van der Waals surface area contributed by atoms with Gasteiger partial charge in [0.2, 0.25) is 0 Å². The topological polar surface area (TPSA) is 39.1 Å². The van der Waals surface area contributed by atoms with E-state index in [-0.39, 0.29) is 5.60 Å². The summed E-state index contributed by atoms with van der Waals surface area (Å²) in [6, 6.07) is 0. The van der Waals surface area contributed by atoms with Crippen LogP contribution in [0.3, 0.4) is 0 Å². The number of aryl methyl sites for hydroxylation is 1. The molecule has 4 nitrogen and oxygen atoms in total. The summed E-state index contributed by atoms with van der Waals surface area (Å²) in [4.78, 5) is 0. The van der Waals surface area contributed by atoms with Crippen molar-refractivity contribution in [2.24, 2.45) is 7.05 Å². The Balaban J connectivity index is 1.89. The predicted octanol–water partition coefficient (Wildman–Crippen LogP) is 1.72. The van der Waals surface area contributed by atoms with Crippen molar-refractivity contribution in [2.45, 2.75) is 38.2 Å². The second-order valence-corrected chi connectivity index (χ2v) is 4.59. The third kappa shape index (κ3) is 2.55. The molecule has 1 aromatic heterocycles. The van der Waals surface area contributed by atoms with E-state index in [0.717, 1.165) is 25.3 Å². The fraction of sp³-hybridized carbons (Fsp3) is 0.750. The van der Waals surface area contributed by atoms with E-state index in [9.17, 15) is 0 Å². The lowest BCUT2D eigenvalue weighted by molar-refractivity contribution is -0.0141. The highest BCUT2D eigenvalue weighted by atomic mass is 16.5. The molecule has 0 bridgehead atoms. The Morgan fingerprint density at radius 1 is 1.56 bits per heavy atom. The van der Waals surface area contributed by atoms with Crippen LogP contribution >= 0.6 is 0 Å². The lowest BCUT2D eigenvalue weighted by atomic mass is 9.77. The lowest BCUT2D eigenvalue weighted by Crippen LogP contribution is -2.45. The zero-order valence-corrected chi connectivity index (χ0v) is 10.2. The molecule has 0 unspecified atom stereocenters. The summed E-state index contributed by atoms with van der Waals surface area (Å²) in [5.41, 5.74) is 0.0746. The van der Waals surface area contributed by atoms with E-state index >= 15 is 0 Å². The molecule has 1 aliphatic rings. The van der Waals surface area contributed by atoms with Gasteiger partial charge in [-0.2, -0.15) is 5.10 Å². The molecule has 0 radical (unpaired) electrons. The van der Waals surface area contributed by atoms with Crippen molar-refractivity contribution in [3.8, 4) is 5.75 Å². The van der Waals surface area contributed by atoms with Gasteiger partial charge in [0.15, 0.2) is 5.75 Å². The van der Waals surface area contributed by atoms with E-state index in [4.69, 9.17) is 4.74 Å². The maximum atomic E-state index is 6.08. The van der Waals surface area contributed by atoms with E-state index in [1.165, 1.54) is 19.3 Å². The average Bonchev–Trinajstić information content (AvgIpc) is 2.60. The standard InChI is InChI=1S/C12H21N3O/c1-3-13-8-7-12(5-4-6-12)16-11-9-14-15(2)10-11/h9-10,13H,3-8H2,1-2H3. The first-order chi connectivity index (χ1) is 7.74. The third-order valence-corrected chi connectivity index (χ3v) is 3.29. The molecule has 16 heavy (non-hydrogen) atoms. The summed E-state index contributed by atoms with van der Waals surface area (Å²) in [5, 5.41) is 7.49. The van der Waals surface area contributed by atoms with Crippen molar-refractivity contribution in [1.29, 1.82) is 0 Å². The Kier molecular flexibility index (Phi) is 3.49. The van der Waals surface area contributed by atoms with Gasteiger partial charge in [-0.3, -0.25) is 4.68 Å². The van der Waals surface area contributed by atoms with Gasteiger partial charge in [0.1, 0.15) is 5.60 Å². The minimum Gasteiger partial charge on any atom is -0.484 e. The first kappa shape index (κ1) is 11.5. The van der Waals surface area contributed by atoms with Crippen LogP contribution in [0, 0.1) is 0 Å². The summed E-state index contributed by atoms with van der Waals surface area (Å²) >= 11 is 0. The van der Waals surface area contributed by atoms with Gasteiger partial charge in [0, 0.05) is 7.05 Å². The molecule has 90 valence electrons. The van der Waals surface area contributed by atoms with Gasteiger partial charge in [-0.1, -0.05) is 6.92 Å². The molecule has 0 spiro atoms. The number of hydrogen-bond acceptors (Lipinski definition) is 3. The summed E-state index contributed by atoms with van der Waals surface area (Å²) in [6.07, 6.45) is 8.46. The van der Waals surface area contributed by atoms with Crippen molar-refractivity contribution < 1.29 is 4.74 Å². The van der Waals surface area contributed by atoms with Gasteiger partial charge in [-0.05, 0) is 38.8 Å². The molecular formula is C12H21N3O. The molecular weight excluding hydrogens is 202 g/mol. The number of nitrogens with zero attached hydrogens (tertiary/aromatic N) is 2. The molecule has 1 fully saturated rings. The fourth-order valence-electron chi connectivity index (χ4n) is 2.17. The minimum absolute atomic E-state index is 0.0746. The van der Waals surface area contributed by atoms with Gasteiger partial charge in [-0.25, -0.2) is 0 Å². The average molecular weight is 223 g/mol. The zero-order chi connectivity index (χ0) is 11.4. The van der Waals surface area contributed by atoms with E-state index in [2.05, 4.69) is 17.3 Å². The zero-order valence-electron chi connectivity index (χ0n) is 10.2. The van der Waals surface area contributed by atoms with Crippen LogP contribution in [0.1, 0.15) is 32.6 Å². The molecule has 1 N–H and O–H groups in total. The highest BCUT2D eigenvalue weighted by Crippen LogP contribution is 2.38. The molecule has 0 atom stereocenters. The van der Waals surface area contributed by atoms with Crippen LogP contribution in [-0.4, -0.2) is 28.5 Å². The Labute approximate surface area is 97.0 Å². The van der Waals surface area contributed by atoms with Crippen molar-refractivity contribution >= 4 is 0 Å². The molecule has 0 aromatic carbocycles. The number of aromatic nitrogens is 2. The Morgan fingerprint density at radius 3 is 2.88 bits per heavy atom.